The number of carboxylic acids is 1. The van der Waals surface area contributed by atoms with Gasteiger partial charge in [0.25, 0.3) is 0 Å². The van der Waals surface area contributed by atoms with Crippen LogP contribution in [0.1, 0.15) is 16.1 Å². The van der Waals surface area contributed by atoms with Crippen LogP contribution in [0.3, 0.4) is 0 Å². The summed E-state index contributed by atoms with van der Waals surface area (Å²) in [6, 6.07) is 0. The summed E-state index contributed by atoms with van der Waals surface area (Å²) in [7, 11) is 0. The van der Waals surface area contributed by atoms with Crippen molar-refractivity contribution in [1.82, 2.24) is 4.37 Å². The van der Waals surface area contributed by atoms with E-state index < -0.39 is 5.97 Å². The molecule has 0 saturated heterocycles. The zero-order valence-electron chi connectivity index (χ0n) is 8.23. The molecule has 1 amide bonds. The summed E-state index contributed by atoms with van der Waals surface area (Å²) in [5.41, 5.74) is 0.501. The van der Waals surface area contributed by atoms with E-state index in [1.807, 2.05) is 0 Å². The second-order valence-corrected chi connectivity index (χ2v) is 4.40. The van der Waals surface area contributed by atoms with Gasteiger partial charge >= 0.3 is 5.97 Å². The Kier molecular flexibility index (Phi) is 4.10. The van der Waals surface area contributed by atoms with Crippen LogP contribution in [0.2, 0.25) is 0 Å². The largest absolute Gasteiger partial charge is 0.478 e. The van der Waals surface area contributed by atoms with Gasteiger partial charge in [0.2, 0.25) is 5.91 Å². The van der Waals surface area contributed by atoms with Gasteiger partial charge in [0.05, 0.1) is 11.4 Å². The van der Waals surface area contributed by atoms with Crippen molar-refractivity contribution in [3.05, 3.63) is 11.3 Å². The van der Waals surface area contributed by atoms with Gasteiger partial charge in [-0.15, -0.1) is 0 Å². The van der Waals surface area contributed by atoms with Crippen LogP contribution in [0.5, 0.6) is 0 Å². The van der Waals surface area contributed by atoms with E-state index >= 15 is 0 Å². The Balaban J connectivity index is 2.86. The molecule has 0 aliphatic rings. The molecule has 0 aromatic carbocycles. The minimum Gasteiger partial charge on any atom is -0.478 e. The Labute approximate surface area is 95.0 Å². The maximum Gasteiger partial charge on any atom is 0.340 e. The van der Waals surface area contributed by atoms with Crippen molar-refractivity contribution in [2.24, 2.45) is 0 Å². The lowest BCUT2D eigenvalue weighted by Crippen LogP contribution is -2.15. The number of carbonyl (C=O) groups is 2. The predicted octanol–water partition coefficient (Wildman–Crippen LogP) is 1.45. The molecule has 0 unspecified atom stereocenters. The van der Waals surface area contributed by atoms with Crippen LogP contribution in [0.4, 0.5) is 5.00 Å². The molecule has 1 aromatic rings. The van der Waals surface area contributed by atoms with Gasteiger partial charge in [-0.1, -0.05) is 0 Å². The number of amides is 1. The highest BCUT2D eigenvalue weighted by Gasteiger charge is 2.18. The lowest BCUT2D eigenvalue weighted by Gasteiger charge is -2.01. The van der Waals surface area contributed by atoms with Gasteiger partial charge in [-0.25, -0.2) is 4.79 Å². The van der Waals surface area contributed by atoms with E-state index in [1.54, 1.807) is 13.2 Å². The molecule has 0 aliphatic carbocycles. The van der Waals surface area contributed by atoms with Gasteiger partial charge in [-0.3, -0.25) is 4.79 Å². The van der Waals surface area contributed by atoms with Crippen LogP contribution in [0, 0.1) is 6.92 Å². The SMILES string of the molecule is CSCC(=O)Nc1snc(C)c1C(=O)O. The number of anilines is 1. The molecule has 0 fully saturated rings. The summed E-state index contributed by atoms with van der Waals surface area (Å²) in [5, 5.41) is 11.7. The Hall–Kier alpha value is -1.08. The molecule has 5 nitrogen and oxygen atoms in total. The average molecular weight is 246 g/mol. The van der Waals surface area contributed by atoms with E-state index in [2.05, 4.69) is 9.69 Å². The van der Waals surface area contributed by atoms with E-state index in [0.29, 0.717) is 16.4 Å². The molecule has 0 aliphatic heterocycles. The molecular formula is C8H10N2O3S2. The maximum absolute atomic E-state index is 11.3. The molecule has 0 bridgehead atoms. The van der Waals surface area contributed by atoms with Crippen molar-refractivity contribution >= 4 is 40.2 Å². The number of hydrogen-bond acceptors (Lipinski definition) is 5. The molecule has 1 rings (SSSR count). The fraction of sp³-hybridized carbons (Fsp3) is 0.375. The molecule has 1 aromatic heterocycles. The average Bonchev–Trinajstić information content (AvgIpc) is 2.47. The van der Waals surface area contributed by atoms with Crippen molar-refractivity contribution in [2.45, 2.75) is 6.92 Å². The van der Waals surface area contributed by atoms with Gasteiger partial charge in [-0.2, -0.15) is 16.1 Å². The van der Waals surface area contributed by atoms with Crippen LogP contribution in [-0.2, 0) is 4.79 Å². The Morgan fingerprint density at radius 2 is 2.27 bits per heavy atom. The monoisotopic (exact) mass is 246 g/mol. The van der Waals surface area contributed by atoms with Crippen molar-refractivity contribution < 1.29 is 14.7 Å². The minimum absolute atomic E-state index is 0.0782. The number of thioether (sulfide) groups is 1. The van der Waals surface area contributed by atoms with Crippen LogP contribution >= 0.6 is 23.3 Å². The summed E-state index contributed by atoms with van der Waals surface area (Å²) in [5.74, 6) is -0.981. The molecule has 2 N–H and O–H groups in total. The number of carbonyl (C=O) groups excluding carboxylic acids is 1. The Bertz CT molecular complexity index is 389. The number of aromatic nitrogens is 1. The van der Waals surface area contributed by atoms with Gasteiger partial charge in [0.15, 0.2) is 0 Å². The number of hydrogen-bond donors (Lipinski definition) is 2. The summed E-state index contributed by atoms with van der Waals surface area (Å²) < 4.78 is 3.89. The van der Waals surface area contributed by atoms with E-state index in [0.717, 1.165) is 11.5 Å². The van der Waals surface area contributed by atoms with E-state index in [4.69, 9.17) is 5.11 Å². The summed E-state index contributed by atoms with van der Waals surface area (Å²) >= 11 is 2.36. The lowest BCUT2D eigenvalue weighted by atomic mass is 10.2. The zero-order valence-corrected chi connectivity index (χ0v) is 9.87. The molecular weight excluding hydrogens is 236 g/mol. The molecule has 0 radical (unpaired) electrons. The predicted molar refractivity (Wildman–Crippen MR) is 60.8 cm³/mol. The normalized spacial score (nSPS) is 10.0. The number of carboxylic acid groups (broad SMARTS) is 1. The molecule has 0 saturated carbocycles. The second-order valence-electron chi connectivity index (χ2n) is 2.76. The van der Waals surface area contributed by atoms with E-state index in [9.17, 15) is 9.59 Å². The highest BCUT2D eigenvalue weighted by atomic mass is 32.2. The summed E-state index contributed by atoms with van der Waals surface area (Å²) in [6.45, 7) is 1.60. The summed E-state index contributed by atoms with van der Waals surface area (Å²) in [6.07, 6.45) is 1.80. The van der Waals surface area contributed by atoms with E-state index in [-0.39, 0.29) is 11.5 Å². The minimum atomic E-state index is -1.07. The third-order valence-corrected chi connectivity index (χ3v) is 3.01. The van der Waals surface area contributed by atoms with Crippen LogP contribution < -0.4 is 5.32 Å². The number of nitrogens with zero attached hydrogens (tertiary/aromatic N) is 1. The topological polar surface area (TPSA) is 79.3 Å². The molecule has 82 valence electrons. The lowest BCUT2D eigenvalue weighted by molar-refractivity contribution is -0.113. The number of aromatic carboxylic acids is 1. The Morgan fingerprint density at radius 1 is 1.60 bits per heavy atom. The van der Waals surface area contributed by atoms with Crippen LogP contribution in [-0.4, -0.2) is 33.4 Å². The fourth-order valence-electron chi connectivity index (χ4n) is 1.00. The first-order chi connectivity index (χ1) is 7.06. The van der Waals surface area contributed by atoms with Gasteiger partial charge in [0.1, 0.15) is 10.6 Å². The quantitative estimate of drug-likeness (QED) is 0.840. The number of aryl methyl sites for hydroxylation is 1. The van der Waals surface area contributed by atoms with Crippen molar-refractivity contribution in [3.63, 3.8) is 0 Å². The van der Waals surface area contributed by atoms with E-state index in [1.165, 1.54) is 11.8 Å². The summed E-state index contributed by atoms with van der Waals surface area (Å²) in [4.78, 5) is 22.1. The highest BCUT2D eigenvalue weighted by Crippen LogP contribution is 2.24. The first-order valence-electron chi connectivity index (χ1n) is 4.04. The Morgan fingerprint density at radius 3 is 2.80 bits per heavy atom. The number of rotatable bonds is 4. The highest BCUT2D eigenvalue weighted by molar-refractivity contribution is 7.99. The van der Waals surface area contributed by atoms with Crippen molar-refractivity contribution in [3.8, 4) is 0 Å². The van der Waals surface area contributed by atoms with Crippen LogP contribution in [0.15, 0.2) is 0 Å². The van der Waals surface area contributed by atoms with Gasteiger partial charge in [-0.05, 0) is 24.7 Å². The molecule has 1 heterocycles. The third-order valence-electron chi connectivity index (χ3n) is 1.60. The standard InChI is InChI=1S/C8H10N2O3S2/c1-4-6(8(12)13)7(15-10-4)9-5(11)3-14-2/h3H2,1-2H3,(H,9,11)(H,12,13). The maximum atomic E-state index is 11.3. The van der Waals surface area contributed by atoms with Crippen molar-refractivity contribution in [2.75, 3.05) is 17.3 Å². The first-order valence-corrected chi connectivity index (χ1v) is 6.21. The fourth-order valence-corrected chi connectivity index (χ4v) is 2.14. The number of nitrogens with one attached hydrogen (secondary N) is 1. The zero-order chi connectivity index (χ0) is 11.4. The molecule has 15 heavy (non-hydrogen) atoms. The molecule has 0 atom stereocenters. The molecule has 0 spiro atoms. The van der Waals surface area contributed by atoms with Gasteiger partial charge in [0, 0.05) is 0 Å². The smallest absolute Gasteiger partial charge is 0.340 e. The van der Waals surface area contributed by atoms with Crippen molar-refractivity contribution in [1.29, 1.82) is 0 Å². The van der Waals surface area contributed by atoms with Gasteiger partial charge < -0.3 is 10.4 Å². The van der Waals surface area contributed by atoms with Crippen LogP contribution in [0.25, 0.3) is 0 Å². The second kappa shape index (κ2) is 5.13. The molecule has 7 heteroatoms. The third kappa shape index (κ3) is 2.93. The first kappa shape index (κ1) is 12.0.